The first-order chi connectivity index (χ1) is 7.36. The molecule has 2 aliphatic rings. The van der Waals surface area contributed by atoms with E-state index in [0.29, 0.717) is 13.2 Å². The zero-order valence-corrected chi connectivity index (χ0v) is 10.4. The maximum atomic E-state index is 5.66. The summed E-state index contributed by atoms with van der Waals surface area (Å²) >= 11 is 0. The van der Waals surface area contributed by atoms with Gasteiger partial charge in [0.25, 0.3) is 0 Å². The molecule has 2 atom stereocenters. The fraction of sp³-hybridized carbons (Fsp3) is 0.833. The van der Waals surface area contributed by atoms with Crippen molar-refractivity contribution in [2.24, 2.45) is 0 Å². The number of hydrogen-bond acceptors (Lipinski definition) is 4. The predicted molar refractivity (Wildman–Crippen MR) is 58.9 cm³/mol. The summed E-state index contributed by atoms with van der Waals surface area (Å²) in [5.74, 6) is -0.942. The van der Waals surface area contributed by atoms with E-state index in [0.717, 1.165) is 0 Å². The summed E-state index contributed by atoms with van der Waals surface area (Å²) < 4.78 is 22.2. The van der Waals surface area contributed by atoms with Crippen molar-refractivity contribution in [3.8, 4) is 0 Å². The first-order valence-electron chi connectivity index (χ1n) is 5.68. The van der Waals surface area contributed by atoms with E-state index in [-0.39, 0.29) is 12.2 Å². The van der Waals surface area contributed by atoms with Gasteiger partial charge in [-0.15, -0.1) is 0 Å². The molecule has 0 aromatic carbocycles. The molecular formula is C12H20O4. The molecule has 0 bridgehead atoms. The van der Waals surface area contributed by atoms with E-state index in [9.17, 15) is 0 Å². The van der Waals surface area contributed by atoms with Crippen LogP contribution in [0.2, 0.25) is 0 Å². The lowest BCUT2D eigenvalue weighted by Crippen LogP contribution is -2.21. The third-order valence-electron chi connectivity index (χ3n) is 2.60. The summed E-state index contributed by atoms with van der Waals surface area (Å²) in [5.41, 5.74) is 0. The highest BCUT2D eigenvalue weighted by molar-refractivity contribution is 4.99. The van der Waals surface area contributed by atoms with Crippen molar-refractivity contribution in [1.82, 2.24) is 0 Å². The van der Waals surface area contributed by atoms with Crippen molar-refractivity contribution >= 4 is 0 Å². The Morgan fingerprint density at radius 1 is 0.812 bits per heavy atom. The minimum Gasteiger partial charge on any atom is -0.347 e. The second-order valence-corrected chi connectivity index (χ2v) is 5.12. The molecule has 0 aromatic rings. The Bertz CT molecular complexity index is 255. The van der Waals surface area contributed by atoms with Crippen LogP contribution in [0, 0.1) is 0 Å². The highest BCUT2D eigenvalue weighted by Crippen LogP contribution is 2.25. The quantitative estimate of drug-likeness (QED) is 0.676. The molecule has 4 heteroatoms. The lowest BCUT2D eigenvalue weighted by molar-refractivity contribution is -0.135. The van der Waals surface area contributed by atoms with E-state index in [4.69, 9.17) is 18.9 Å². The van der Waals surface area contributed by atoms with Gasteiger partial charge >= 0.3 is 0 Å². The molecule has 0 aromatic heterocycles. The van der Waals surface area contributed by atoms with Crippen molar-refractivity contribution in [3.63, 3.8) is 0 Å². The van der Waals surface area contributed by atoms with Gasteiger partial charge in [0, 0.05) is 0 Å². The van der Waals surface area contributed by atoms with E-state index >= 15 is 0 Å². The van der Waals surface area contributed by atoms with Gasteiger partial charge in [-0.25, -0.2) is 0 Å². The van der Waals surface area contributed by atoms with E-state index in [1.807, 2.05) is 39.8 Å². The Balaban J connectivity index is 1.82. The molecule has 0 radical (unpaired) electrons. The molecule has 2 saturated heterocycles. The second-order valence-electron chi connectivity index (χ2n) is 5.12. The largest absolute Gasteiger partial charge is 0.347 e. The van der Waals surface area contributed by atoms with Crippen LogP contribution in [0.5, 0.6) is 0 Å². The summed E-state index contributed by atoms with van der Waals surface area (Å²) in [6, 6.07) is 0. The Kier molecular flexibility index (Phi) is 3.09. The Morgan fingerprint density at radius 3 is 1.44 bits per heavy atom. The summed E-state index contributed by atoms with van der Waals surface area (Å²) in [7, 11) is 0. The monoisotopic (exact) mass is 228 g/mol. The summed E-state index contributed by atoms with van der Waals surface area (Å²) in [6.07, 6.45) is 4.01. The Hall–Kier alpha value is -0.420. The number of ether oxygens (including phenoxy) is 4. The van der Waals surface area contributed by atoms with Gasteiger partial charge in [-0.1, -0.05) is 12.2 Å². The Labute approximate surface area is 96.5 Å². The average molecular weight is 228 g/mol. The molecule has 2 heterocycles. The molecule has 2 aliphatic heterocycles. The van der Waals surface area contributed by atoms with E-state index < -0.39 is 11.6 Å². The smallest absolute Gasteiger partial charge is 0.163 e. The van der Waals surface area contributed by atoms with Gasteiger partial charge < -0.3 is 18.9 Å². The number of hydrogen-bond donors (Lipinski definition) is 0. The molecule has 0 amide bonds. The van der Waals surface area contributed by atoms with E-state index in [1.165, 1.54) is 0 Å². The van der Waals surface area contributed by atoms with Crippen LogP contribution in [0.1, 0.15) is 27.7 Å². The first-order valence-corrected chi connectivity index (χ1v) is 5.68. The zero-order chi connectivity index (χ0) is 11.8. The van der Waals surface area contributed by atoms with Gasteiger partial charge in [0.15, 0.2) is 11.6 Å². The molecule has 4 nitrogen and oxygen atoms in total. The van der Waals surface area contributed by atoms with Crippen LogP contribution in [0.15, 0.2) is 12.2 Å². The van der Waals surface area contributed by atoms with Crippen molar-refractivity contribution in [1.29, 1.82) is 0 Å². The SMILES string of the molecule is CC1(C)OC[C@H](C=C[C@H]2COC(C)(C)O2)O1. The summed E-state index contributed by atoms with van der Waals surface area (Å²) in [6.45, 7) is 8.86. The third kappa shape index (κ3) is 3.04. The molecule has 2 fully saturated rings. The van der Waals surface area contributed by atoms with Crippen molar-refractivity contribution in [2.45, 2.75) is 51.5 Å². The van der Waals surface area contributed by atoms with Gasteiger partial charge in [-0.3, -0.25) is 0 Å². The van der Waals surface area contributed by atoms with E-state index in [1.54, 1.807) is 0 Å². The van der Waals surface area contributed by atoms with E-state index in [2.05, 4.69) is 0 Å². The van der Waals surface area contributed by atoms with Gasteiger partial charge in [-0.2, -0.15) is 0 Å². The minimum absolute atomic E-state index is 0.0160. The normalized spacial score (nSPS) is 37.2. The topological polar surface area (TPSA) is 36.9 Å². The molecule has 0 aliphatic carbocycles. The molecule has 2 rings (SSSR count). The van der Waals surface area contributed by atoms with Crippen molar-refractivity contribution in [3.05, 3.63) is 12.2 Å². The maximum absolute atomic E-state index is 5.66. The van der Waals surface area contributed by atoms with Crippen molar-refractivity contribution in [2.75, 3.05) is 13.2 Å². The lowest BCUT2D eigenvalue weighted by atomic mass is 10.2. The molecule has 0 unspecified atom stereocenters. The molecule has 0 spiro atoms. The molecule has 16 heavy (non-hydrogen) atoms. The van der Waals surface area contributed by atoms with Gasteiger partial charge in [-0.05, 0) is 27.7 Å². The third-order valence-corrected chi connectivity index (χ3v) is 2.60. The van der Waals surface area contributed by atoms with Crippen LogP contribution in [0.3, 0.4) is 0 Å². The molecule has 0 N–H and O–H groups in total. The van der Waals surface area contributed by atoms with Gasteiger partial charge in [0.1, 0.15) is 12.2 Å². The zero-order valence-electron chi connectivity index (χ0n) is 10.4. The first kappa shape index (κ1) is 12.0. The van der Waals surface area contributed by atoms with Crippen LogP contribution in [0.4, 0.5) is 0 Å². The lowest BCUT2D eigenvalue weighted by Gasteiger charge is -2.16. The van der Waals surface area contributed by atoms with Crippen LogP contribution in [-0.2, 0) is 18.9 Å². The van der Waals surface area contributed by atoms with Crippen LogP contribution in [0.25, 0.3) is 0 Å². The van der Waals surface area contributed by atoms with Crippen LogP contribution < -0.4 is 0 Å². The summed E-state index contributed by atoms with van der Waals surface area (Å²) in [4.78, 5) is 0. The average Bonchev–Trinajstić information content (AvgIpc) is 2.66. The van der Waals surface area contributed by atoms with Crippen LogP contribution >= 0.6 is 0 Å². The molecule has 92 valence electrons. The standard InChI is InChI=1S/C12H20O4/c1-11(2)13-7-9(15-11)5-6-10-8-14-12(3,4)16-10/h5-6,9-10H,7-8H2,1-4H3/t9-,10-/m0/s1. The number of rotatable bonds is 2. The second kappa shape index (κ2) is 4.11. The minimum atomic E-state index is -0.471. The highest BCUT2D eigenvalue weighted by Gasteiger charge is 2.33. The summed E-state index contributed by atoms with van der Waals surface area (Å²) in [5, 5.41) is 0. The predicted octanol–water partition coefficient (Wildman–Crippen LogP) is 1.85. The fourth-order valence-electron chi connectivity index (χ4n) is 1.87. The Morgan fingerprint density at radius 2 is 1.19 bits per heavy atom. The van der Waals surface area contributed by atoms with Gasteiger partial charge in [0.05, 0.1) is 13.2 Å². The molecular weight excluding hydrogens is 208 g/mol. The maximum Gasteiger partial charge on any atom is 0.163 e. The van der Waals surface area contributed by atoms with Crippen molar-refractivity contribution < 1.29 is 18.9 Å². The molecule has 0 saturated carbocycles. The highest BCUT2D eigenvalue weighted by atomic mass is 16.7. The van der Waals surface area contributed by atoms with Crippen LogP contribution in [-0.4, -0.2) is 37.0 Å². The fourth-order valence-corrected chi connectivity index (χ4v) is 1.87. The van der Waals surface area contributed by atoms with Gasteiger partial charge in [0.2, 0.25) is 0 Å².